The summed E-state index contributed by atoms with van der Waals surface area (Å²) in [4.78, 5) is 4.73. The summed E-state index contributed by atoms with van der Waals surface area (Å²) in [7, 11) is 0. The smallest absolute Gasteiger partial charge is 0.221 e. The van der Waals surface area contributed by atoms with Crippen LogP contribution in [-0.2, 0) is 0 Å². The molecule has 7 heteroatoms. The predicted molar refractivity (Wildman–Crippen MR) is 315 cm³/mol. The van der Waals surface area contributed by atoms with E-state index in [0.717, 1.165) is 108 Å². The largest absolute Gasteiger partial charge is 0.454 e. The van der Waals surface area contributed by atoms with Crippen LogP contribution in [0.5, 0.6) is 0 Å². The van der Waals surface area contributed by atoms with Crippen LogP contribution in [0.1, 0.15) is 5.56 Å². The predicted octanol–water partition coefficient (Wildman–Crippen LogP) is 19.9. The molecule has 0 aliphatic carbocycles. The van der Waals surface area contributed by atoms with Crippen molar-refractivity contribution in [2.24, 2.45) is 0 Å². The number of nitriles is 1. The zero-order chi connectivity index (χ0) is 49.5. The van der Waals surface area contributed by atoms with E-state index in [1.807, 2.05) is 36.4 Å². The molecule has 5 aromatic heterocycles. The van der Waals surface area contributed by atoms with Crippen molar-refractivity contribution in [3.8, 4) is 50.8 Å². The Balaban J connectivity index is 1.19. The Bertz CT molecular complexity index is 4990. The molecule has 0 saturated carbocycles. The van der Waals surface area contributed by atoms with Gasteiger partial charge in [0, 0.05) is 74.4 Å². The van der Waals surface area contributed by atoms with Crippen LogP contribution in [0.3, 0.4) is 0 Å². The quantitative estimate of drug-likeness (QED) is 0.161. The molecule has 0 aliphatic rings. The molecule has 0 bridgehead atoms. The number of furan rings is 1. The van der Waals surface area contributed by atoms with Crippen molar-refractivity contribution in [2.45, 2.75) is 0 Å². The normalized spacial score (nSPS) is 12.0. The van der Waals surface area contributed by atoms with Gasteiger partial charge in [0.25, 0.3) is 0 Å². The van der Waals surface area contributed by atoms with Gasteiger partial charge in [-0.3, -0.25) is 0 Å². The number of aromatic nitrogens is 2. The van der Waals surface area contributed by atoms with Gasteiger partial charge < -0.3 is 13.6 Å². The molecule has 75 heavy (non-hydrogen) atoms. The van der Waals surface area contributed by atoms with E-state index in [2.05, 4.69) is 197 Å². The van der Waals surface area contributed by atoms with E-state index in [-0.39, 0.29) is 0 Å². The minimum Gasteiger partial charge on any atom is -0.454 e. The summed E-state index contributed by atoms with van der Waals surface area (Å²) in [5.41, 5.74) is 12.6. The monoisotopic (exact) mass is 988 g/mol. The topological polar surface area (TPSA) is 51.1 Å². The minimum atomic E-state index is 0.367. The van der Waals surface area contributed by atoms with Crippen LogP contribution in [0.4, 0.5) is 5.69 Å². The van der Waals surface area contributed by atoms with Crippen molar-refractivity contribution in [1.82, 2.24) is 9.13 Å². The number of fused-ring (bicyclic) bond motifs is 18. The van der Waals surface area contributed by atoms with Crippen molar-refractivity contribution in [3.05, 3.63) is 235 Å². The molecule has 16 rings (SSSR count). The highest BCUT2D eigenvalue weighted by Crippen LogP contribution is 2.56. The molecule has 0 spiro atoms. The first kappa shape index (κ1) is 41.8. The second kappa shape index (κ2) is 15.9. The van der Waals surface area contributed by atoms with E-state index in [9.17, 15) is 11.8 Å². The van der Waals surface area contributed by atoms with E-state index >= 15 is 0 Å². The van der Waals surface area contributed by atoms with Gasteiger partial charge in [0.15, 0.2) is 5.58 Å². The van der Waals surface area contributed by atoms with Crippen molar-refractivity contribution in [3.63, 3.8) is 0 Å². The SMILES string of the molecule is [C-]#[N+]c1c(-c2ccccc2)c(-n2c3c(ccc4c5ccccc5sc43)c3ccc4c5ccccc5sc4c32)c(-c2ccccc2)c(C#N)c1-n1c2cccc(-c3ccccc3)c2c2ccc3c4ccccc4oc3c21. The first-order valence-electron chi connectivity index (χ1n) is 24.9. The summed E-state index contributed by atoms with van der Waals surface area (Å²) in [5.74, 6) is 0. The van der Waals surface area contributed by atoms with Crippen LogP contribution in [0.25, 0.3) is 155 Å². The van der Waals surface area contributed by atoms with E-state index in [4.69, 9.17) is 9.26 Å². The number of para-hydroxylation sites is 1. The Hall–Kier alpha value is -9.76. The molecule has 16 aromatic rings. The Morgan fingerprint density at radius 2 is 0.947 bits per heavy atom. The van der Waals surface area contributed by atoms with Crippen LogP contribution >= 0.6 is 22.7 Å². The molecule has 11 aromatic carbocycles. The van der Waals surface area contributed by atoms with Crippen LogP contribution in [0.15, 0.2) is 223 Å². The molecule has 5 nitrogen and oxygen atoms in total. The molecule has 0 atom stereocenters. The molecular formula is C68H36N4OS2. The molecule has 0 unspecified atom stereocenters. The van der Waals surface area contributed by atoms with E-state index in [0.29, 0.717) is 22.5 Å². The van der Waals surface area contributed by atoms with Crippen LogP contribution < -0.4 is 0 Å². The summed E-state index contributed by atoms with van der Waals surface area (Å²) in [6, 6.07) is 79.4. The Labute approximate surface area is 436 Å². The van der Waals surface area contributed by atoms with Gasteiger partial charge in [0.05, 0.1) is 55.0 Å². The summed E-state index contributed by atoms with van der Waals surface area (Å²) in [6.45, 7) is 9.70. The molecule has 0 radical (unpaired) electrons. The van der Waals surface area contributed by atoms with Crippen molar-refractivity contribution in [1.29, 1.82) is 5.26 Å². The molecule has 0 aliphatic heterocycles. The lowest BCUT2D eigenvalue weighted by Crippen LogP contribution is -2.08. The number of benzene rings is 11. The summed E-state index contributed by atoms with van der Waals surface area (Å²) in [5, 5.41) is 23.3. The van der Waals surface area contributed by atoms with Gasteiger partial charge in [0.1, 0.15) is 11.7 Å². The lowest BCUT2D eigenvalue weighted by Gasteiger charge is -2.26. The highest BCUT2D eigenvalue weighted by atomic mass is 32.1. The second-order valence-electron chi connectivity index (χ2n) is 19.2. The molecule has 0 N–H and O–H groups in total. The van der Waals surface area contributed by atoms with Crippen LogP contribution in [0.2, 0.25) is 0 Å². The Morgan fingerprint density at radius 1 is 0.427 bits per heavy atom. The molecule has 346 valence electrons. The maximum atomic E-state index is 12.4. The third-order valence-corrected chi connectivity index (χ3v) is 17.8. The van der Waals surface area contributed by atoms with Gasteiger partial charge in [0.2, 0.25) is 5.69 Å². The first-order chi connectivity index (χ1) is 37.2. The fraction of sp³-hybridized carbons (Fsp3) is 0. The van der Waals surface area contributed by atoms with Gasteiger partial charge in [-0.1, -0.05) is 188 Å². The second-order valence-corrected chi connectivity index (χ2v) is 21.3. The van der Waals surface area contributed by atoms with Gasteiger partial charge in [-0.25, -0.2) is 4.85 Å². The fourth-order valence-electron chi connectivity index (χ4n) is 12.3. The van der Waals surface area contributed by atoms with E-state index < -0.39 is 0 Å². The zero-order valence-corrected chi connectivity index (χ0v) is 41.4. The lowest BCUT2D eigenvalue weighted by atomic mass is 9.88. The summed E-state index contributed by atoms with van der Waals surface area (Å²) in [6.07, 6.45) is 0. The Kier molecular flexibility index (Phi) is 8.85. The number of hydrogen-bond donors (Lipinski definition) is 0. The average Bonchev–Trinajstić information content (AvgIpc) is 4.36. The number of hydrogen-bond acceptors (Lipinski definition) is 4. The van der Waals surface area contributed by atoms with Gasteiger partial charge in [-0.15, -0.1) is 22.7 Å². The average molecular weight is 989 g/mol. The van der Waals surface area contributed by atoms with Crippen molar-refractivity contribution < 1.29 is 4.42 Å². The molecule has 0 saturated heterocycles. The third-order valence-electron chi connectivity index (χ3n) is 15.4. The van der Waals surface area contributed by atoms with Gasteiger partial charge >= 0.3 is 0 Å². The molecule has 5 heterocycles. The van der Waals surface area contributed by atoms with Crippen molar-refractivity contribution >= 4 is 134 Å². The maximum Gasteiger partial charge on any atom is 0.221 e. The highest BCUT2D eigenvalue weighted by Gasteiger charge is 2.34. The zero-order valence-electron chi connectivity index (χ0n) is 39.8. The lowest BCUT2D eigenvalue weighted by molar-refractivity contribution is 0.671. The van der Waals surface area contributed by atoms with Gasteiger partial charge in [-0.05, 0) is 52.6 Å². The number of nitrogens with zero attached hydrogens (tertiary/aromatic N) is 4. The van der Waals surface area contributed by atoms with E-state index in [1.54, 1.807) is 22.7 Å². The Morgan fingerprint density at radius 3 is 1.56 bits per heavy atom. The van der Waals surface area contributed by atoms with Gasteiger partial charge in [-0.2, -0.15) is 5.26 Å². The fourth-order valence-corrected chi connectivity index (χ4v) is 14.8. The minimum absolute atomic E-state index is 0.367. The van der Waals surface area contributed by atoms with Crippen LogP contribution in [0, 0.1) is 17.9 Å². The molecule has 0 fully saturated rings. The summed E-state index contributed by atoms with van der Waals surface area (Å²) >= 11 is 3.60. The third kappa shape index (κ3) is 5.74. The summed E-state index contributed by atoms with van der Waals surface area (Å²) < 4.78 is 16.3. The number of rotatable bonds is 5. The maximum absolute atomic E-state index is 12.4. The molecular weight excluding hydrogens is 953 g/mol. The highest BCUT2D eigenvalue weighted by molar-refractivity contribution is 7.27. The van der Waals surface area contributed by atoms with Crippen LogP contribution in [-0.4, -0.2) is 9.13 Å². The van der Waals surface area contributed by atoms with Crippen molar-refractivity contribution in [2.75, 3.05) is 0 Å². The standard InChI is InChI=1S/C68H36N4OS2/c1-70-60-58(41-22-9-4-10-23-41)65(72-63-46(32-35-49-44-25-12-15-30-55(44)74-67(49)63)47-33-36-50-45-26-13-16-31-56(45)75-68(50)64(47)72)57(40-20-7-3-8-21-40)52(38-69)61(60)71-53-28-17-27-42(39-18-5-2-6-19-39)59(53)51-37-34-48-43-24-11-14-29-54(43)73-66(48)62(51)71/h2-37H. The first-order valence-corrected chi connectivity index (χ1v) is 26.6. The van der Waals surface area contributed by atoms with E-state index in [1.165, 1.54) is 30.9 Å². The molecule has 0 amide bonds. The number of thiophene rings is 2.